The highest BCUT2D eigenvalue weighted by atomic mass is 35.5. The van der Waals surface area contributed by atoms with Gasteiger partial charge >= 0.3 is 0 Å². The second-order valence-electron chi connectivity index (χ2n) is 8.05. The molecule has 1 aromatic heterocycles. The number of aromatic nitrogens is 1. The SMILES string of the molecule is COc1cccc(Cn2cccc2CN(Cc2ccccc2)C(=O)c2ccc([N+](=O)[O-])cc2Cl)c1. The number of ether oxygens (including phenoxy) is 1. The van der Waals surface area contributed by atoms with E-state index in [0.29, 0.717) is 19.6 Å². The molecule has 7 nitrogen and oxygen atoms in total. The van der Waals surface area contributed by atoms with Crippen LogP contribution in [0.5, 0.6) is 5.75 Å². The second kappa shape index (κ2) is 10.9. The monoisotopic (exact) mass is 489 g/mol. The number of halogens is 1. The number of non-ortho nitro benzene ring substituents is 1. The van der Waals surface area contributed by atoms with Crippen molar-refractivity contribution in [2.24, 2.45) is 0 Å². The average Bonchev–Trinajstić information content (AvgIpc) is 3.30. The van der Waals surface area contributed by atoms with Gasteiger partial charge in [-0.1, -0.05) is 54.1 Å². The van der Waals surface area contributed by atoms with Crippen molar-refractivity contribution in [3.63, 3.8) is 0 Å². The van der Waals surface area contributed by atoms with Crippen molar-refractivity contribution in [1.29, 1.82) is 0 Å². The lowest BCUT2D eigenvalue weighted by Gasteiger charge is -2.24. The molecule has 0 aliphatic heterocycles. The number of amides is 1. The molecule has 0 radical (unpaired) electrons. The van der Waals surface area contributed by atoms with Crippen LogP contribution in [0.1, 0.15) is 27.2 Å². The first-order valence-electron chi connectivity index (χ1n) is 11.0. The first kappa shape index (κ1) is 24.0. The lowest BCUT2D eigenvalue weighted by molar-refractivity contribution is -0.384. The third-order valence-electron chi connectivity index (χ3n) is 5.66. The van der Waals surface area contributed by atoms with Crippen LogP contribution in [0, 0.1) is 10.1 Å². The van der Waals surface area contributed by atoms with Crippen LogP contribution in [0.15, 0.2) is 91.1 Å². The van der Waals surface area contributed by atoms with Gasteiger partial charge in [0.25, 0.3) is 11.6 Å². The van der Waals surface area contributed by atoms with E-state index in [0.717, 1.165) is 22.6 Å². The van der Waals surface area contributed by atoms with Crippen LogP contribution in [0.2, 0.25) is 5.02 Å². The summed E-state index contributed by atoms with van der Waals surface area (Å²) in [5, 5.41) is 11.1. The molecule has 0 unspecified atom stereocenters. The Kier molecular flexibility index (Phi) is 7.48. The third kappa shape index (κ3) is 5.88. The van der Waals surface area contributed by atoms with Crippen molar-refractivity contribution < 1.29 is 14.5 Å². The summed E-state index contributed by atoms with van der Waals surface area (Å²) < 4.78 is 7.41. The molecule has 0 saturated heterocycles. The Labute approximate surface area is 208 Å². The summed E-state index contributed by atoms with van der Waals surface area (Å²) in [6.07, 6.45) is 1.97. The predicted molar refractivity (Wildman–Crippen MR) is 135 cm³/mol. The Morgan fingerprint density at radius 2 is 1.74 bits per heavy atom. The van der Waals surface area contributed by atoms with E-state index in [-0.39, 0.29) is 22.2 Å². The minimum Gasteiger partial charge on any atom is -0.497 e. The zero-order valence-corrected chi connectivity index (χ0v) is 19.9. The molecule has 0 fully saturated rings. The number of nitro benzene ring substituents is 1. The Hall–Kier alpha value is -4.10. The Bertz CT molecular complexity index is 1340. The number of carbonyl (C=O) groups excluding carboxylic acids is 1. The van der Waals surface area contributed by atoms with Crippen LogP contribution in [-0.2, 0) is 19.6 Å². The molecule has 4 rings (SSSR count). The summed E-state index contributed by atoms with van der Waals surface area (Å²) in [6, 6.07) is 25.3. The highest BCUT2D eigenvalue weighted by molar-refractivity contribution is 6.34. The average molecular weight is 490 g/mol. The molecule has 4 aromatic rings. The molecule has 0 aliphatic rings. The molecular formula is C27H24ClN3O4. The van der Waals surface area contributed by atoms with E-state index < -0.39 is 4.92 Å². The number of hydrogen-bond donors (Lipinski definition) is 0. The minimum absolute atomic E-state index is 0.0500. The van der Waals surface area contributed by atoms with E-state index >= 15 is 0 Å². The molecular weight excluding hydrogens is 466 g/mol. The maximum atomic E-state index is 13.6. The smallest absolute Gasteiger partial charge is 0.270 e. The molecule has 0 aliphatic carbocycles. The van der Waals surface area contributed by atoms with Gasteiger partial charge in [0.15, 0.2) is 0 Å². The minimum atomic E-state index is -0.534. The largest absolute Gasteiger partial charge is 0.497 e. The van der Waals surface area contributed by atoms with E-state index in [1.165, 1.54) is 18.2 Å². The normalized spacial score (nSPS) is 10.7. The first-order valence-corrected chi connectivity index (χ1v) is 11.4. The molecule has 0 N–H and O–H groups in total. The van der Waals surface area contributed by atoms with Crippen LogP contribution < -0.4 is 4.74 Å². The van der Waals surface area contributed by atoms with E-state index in [1.54, 1.807) is 12.0 Å². The highest BCUT2D eigenvalue weighted by Gasteiger charge is 2.22. The summed E-state index contributed by atoms with van der Waals surface area (Å²) in [6.45, 7) is 1.31. The van der Waals surface area contributed by atoms with Crippen LogP contribution in [0.25, 0.3) is 0 Å². The fraction of sp³-hybridized carbons (Fsp3) is 0.148. The van der Waals surface area contributed by atoms with Crippen molar-refractivity contribution in [1.82, 2.24) is 9.47 Å². The van der Waals surface area contributed by atoms with Crippen molar-refractivity contribution in [3.8, 4) is 5.75 Å². The zero-order chi connectivity index (χ0) is 24.8. The quantitative estimate of drug-likeness (QED) is 0.215. The van der Waals surface area contributed by atoms with Crippen molar-refractivity contribution in [2.45, 2.75) is 19.6 Å². The Balaban J connectivity index is 1.63. The topological polar surface area (TPSA) is 77.6 Å². The van der Waals surface area contributed by atoms with Gasteiger partial charge in [-0.2, -0.15) is 0 Å². The van der Waals surface area contributed by atoms with Gasteiger partial charge in [0, 0.05) is 37.1 Å². The Morgan fingerprint density at radius 3 is 2.46 bits per heavy atom. The standard InChI is InChI=1S/C27H24ClN3O4/c1-35-24-11-5-9-21(15-24)18-29-14-6-10-23(29)19-30(17-20-7-3-2-4-8-20)27(32)25-13-12-22(31(33)34)16-26(25)28/h2-16H,17-19H2,1H3. The number of carbonyl (C=O) groups is 1. The van der Waals surface area contributed by atoms with Crippen LogP contribution in [0.4, 0.5) is 5.69 Å². The number of nitro groups is 1. The number of rotatable bonds is 9. The second-order valence-corrected chi connectivity index (χ2v) is 8.45. The summed E-state index contributed by atoms with van der Waals surface area (Å²) in [5.41, 5.74) is 3.04. The van der Waals surface area contributed by atoms with Gasteiger partial charge in [-0.25, -0.2) is 0 Å². The van der Waals surface area contributed by atoms with Crippen molar-refractivity contribution in [3.05, 3.63) is 129 Å². The molecule has 35 heavy (non-hydrogen) atoms. The number of methoxy groups -OCH3 is 1. The van der Waals surface area contributed by atoms with E-state index in [1.807, 2.05) is 72.9 Å². The fourth-order valence-electron chi connectivity index (χ4n) is 3.88. The maximum absolute atomic E-state index is 13.6. The zero-order valence-electron chi connectivity index (χ0n) is 19.1. The Morgan fingerprint density at radius 1 is 0.971 bits per heavy atom. The van der Waals surface area contributed by atoms with Gasteiger partial charge in [-0.05, 0) is 41.5 Å². The molecule has 0 atom stereocenters. The summed E-state index contributed by atoms with van der Waals surface area (Å²) in [5.74, 6) is 0.479. The fourth-order valence-corrected chi connectivity index (χ4v) is 4.13. The molecule has 0 saturated carbocycles. The van der Waals surface area contributed by atoms with Crippen molar-refractivity contribution >= 4 is 23.2 Å². The van der Waals surface area contributed by atoms with E-state index in [4.69, 9.17) is 16.3 Å². The lowest BCUT2D eigenvalue weighted by Crippen LogP contribution is -2.31. The van der Waals surface area contributed by atoms with E-state index in [2.05, 4.69) is 4.57 Å². The molecule has 1 amide bonds. The summed E-state index contributed by atoms with van der Waals surface area (Å²) in [7, 11) is 1.64. The van der Waals surface area contributed by atoms with Gasteiger partial charge in [-0.3, -0.25) is 14.9 Å². The third-order valence-corrected chi connectivity index (χ3v) is 5.97. The molecule has 8 heteroatoms. The number of nitrogens with zero attached hydrogens (tertiary/aromatic N) is 3. The molecule has 1 heterocycles. The molecule has 3 aromatic carbocycles. The van der Waals surface area contributed by atoms with Gasteiger partial charge in [0.05, 0.1) is 29.2 Å². The maximum Gasteiger partial charge on any atom is 0.270 e. The summed E-state index contributed by atoms with van der Waals surface area (Å²) in [4.78, 5) is 25.8. The van der Waals surface area contributed by atoms with Crippen LogP contribution in [0.3, 0.4) is 0 Å². The molecule has 178 valence electrons. The van der Waals surface area contributed by atoms with Gasteiger partial charge in [-0.15, -0.1) is 0 Å². The van der Waals surface area contributed by atoms with Crippen LogP contribution in [-0.4, -0.2) is 27.4 Å². The molecule has 0 spiro atoms. The van der Waals surface area contributed by atoms with Gasteiger partial charge in [0.1, 0.15) is 5.75 Å². The lowest BCUT2D eigenvalue weighted by atomic mass is 10.1. The van der Waals surface area contributed by atoms with Crippen molar-refractivity contribution in [2.75, 3.05) is 7.11 Å². The first-order chi connectivity index (χ1) is 16.9. The summed E-state index contributed by atoms with van der Waals surface area (Å²) >= 11 is 6.30. The predicted octanol–water partition coefficient (Wildman–Crippen LogP) is 5.95. The number of hydrogen-bond acceptors (Lipinski definition) is 4. The van der Waals surface area contributed by atoms with Crippen LogP contribution >= 0.6 is 11.6 Å². The van der Waals surface area contributed by atoms with Gasteiger partial charge in [0.2, 0.25) is 0 Å². The number of benzene rings is 3. The highest BCUT2D eigenvalue weighted by Crippen LogP contribution is 2.25. The molecule has 0 bridgehead atoms. The van der Waals surface area contributed by atoms with E-state index in [9.17, 15) is 14.9 Å². The van der Waals surface area contributed by atoms with Gasteiger partial charge < -0.3 is 14.2 Å².